The number of nitrogens with zero attached hydrogens (tertiary/aromatic N) is 1. The van der Waals surface area contributed by atoms with Crippen LogP contribution in [-0.4, -0.2) is 18.6 Å². The first kappa shape index (κ1) is 14.7. The van der Waals surface area contributed by atoms with E-state index in [0.29, 0.717) is 28.6 Å². The predicted molar refractivity (Wildman–Crippen MR) is 86.6 cm³/mol. The second-order valence-corrected chi connectivity index (χ2v) is 6.62. The molecule has 4 heteroatoms. The van der Waals surface area contributed by atoms with Crippen LogP contribution in [0.1, 0.15) is 44.1 Å². The summed E-state index contributed by atoms with van der Waals surface area (Å²) < 4.78 is 0. The highest BCUT2D eigenvalue weighted by Crippen LogP contribution is 2.34. The monoisotopic (exact) mass is 303 g/mol. The van der Waals surface area contributed by atoms with Crippen LogP contribution >= 0.6 is 11.6 Å². The van der Waals surface area contributed by atoms with Crippen molar-refractivity contribution in [2.75, 3.05) is 11.9 Å². The van der Waals surface area contributed by atoms with Crippen molar-refractivity contribution >= 4 is 17.3 Å². The molecule has 0 amide bonds. The van der Waals surface area contributed by atoms with Crippen molar-refractivity contribution < 1.29 is 0 Å². The van der Waals surface area contributed by atoms with Crippen molar-refractivity contribution in [3.63, 3.8) is 0 Å². The van der Waals surface area contributed by atoms with E-state index < -0.39 is 0 Å². The Morgan fingerprint density at radius 3 is 2.81 bits per heavy atom. The van der Waals surface area contributed by atoms with Gasteiger partial charge in [0, 0.05) is 12.1 Å². The van der Waals surface area contributed by atoms with Crippen molar-refractivity contribution in [3.05, 3.63) is 28.8 Å². The molecule has 112 valence electrons. The maximum atomic E-state index is 9.05. The molecule has 3 atom stereocenters. The number of anilines is 1. The van der Waals surface area contributed by atoms with Crippen LogP contribution in [0.3, 0.4) is 0 Å². The molecule has 0 aromatic heterocycles. The molecule has 3 unspecified atom stereocenters. The van der Waals surface area contributed by atoms with Crippen molar-refractivity contribution in [2.45, 2.75) is 50.6 Å². The van der Waals surface area contributed by atoms with E-state index in [4.69, 9.17) is 16.9 Å². The largest absolute Gasteiger partial charge is 0.381 e. The van der Waals surface area contributed by atoms with E-state index in [0.717, 1.165) is 12.2 Å². The Bertz CT molecular complexity index is 531. The summed E-state index contributed by atoms with van der Waals surface area (Å²) in [5, 5.41) is 17.0. The van der Waals surface area contributed by atoms with E-state index in [9.17, 15) is 0 Å². The normalized spacial score (nSPS) is 29.0. The summed E-state index contributed by atoms with van der Waals surface area (Å²) >= 11 is 6.29. The highest BCUT2D eigenvalue weighted by molar-refractivity contribution is 6.33. The fourth-order valence-corrected chi connectivity index (χ4v) is 3.97. The molecule has 0 radical (unpaired) electrons. The zero-order valence-corrected chi connectivity index (χ0v) is 13.0. The van der Waals surface area contributed by atoms with Gasteiger partial charge < -0.3 is 10.6 Å². The summed E-state index contributed by atoms with van der Waals surface area (Å²) in [6.07, 6.45) is 7.65. The van der Waals surface area contributed by atoms with E-state index in [1.807, 2.05) is 12.1 Å². The smallest absolute Gasteiger partial charge is 0.0992 e. The highest BCUT2D eigenvalue weighted by Gasteiger charge is 2.33. The van der Waals surface area contributed by atoms with Crippen LogP contribution in [0.5, 0.6) is 0 Å². The van der Waals surface area contributed by atoms with Gasteiger partial charge in [-0.15, -0.1) is 0 Å². The molecule has 1 aromatic carbocycles. The zero-order valence-electron chi connectivity index (χ0n) is 12.2. The molecule has 1 saturated carbocycles. The molecule has 2 fully saturated rings. The first-order valence-corrected chi connectivity index (χ1v) is 8.35. The van der Waals surface area contributed by atoms with E-state index >= 15 is 0 Å². The second kappa shape index (κ2) is 6.68. The number of nitriles is 1. The Balaban J connectivity index is 1.76. The number of rotatable bonds is 3. The Morgan fingerprint density at radius 1 is 1.19 bits per heavy atom. The molecule has 3 rings (SSSR count). The Morgan fingerprint density at radius 2 is 2.05 bits per heavy atom. The van der Waals surface area contributed by atoms with Crippen molar-refractivity contribution in [1.29, 1.82) is 5.26 Å². The van der Waals surface area contributed by atoms with Gasteiger partial charge >= 0.3 is 0 Å². The lowest BCUT2D eigenvalue weighted by Gasteiger charge is -2.37. The Hall–Kier alpha value is -1.24. The third kappa shape index (κ3) is 3.33. The van der Waals surface area contributed by atoms with Crippen LogP contribution in [0, 0.1) is 17.2 Å². The van der Waals surface area contributed by atoms with Crippen molar-refractivity contribution in [1.82, 2.24) is 5.32 Å². The summed E-state index contributed by atoms with van der Waals surface area (Å²) in [6.45, 7) is 1.15. The summed E-state index contributed by atoms with van der Waals surface area (Å²) in [6, 6.07) is 8.74. The fraction of sp³-hybridized carbons (Fsp3) is 0.588. The quantitative estimate of drug-likeness (QED) is 0.889. The molecule has 1 aliphatic heterocycles. The summed E-state index contributed by atoms with van der Waals surface area (Å²) in [5.74, 6) is 0.669. The zero-order chi connectivity index (χ0) is 14.7. The number of hydrogen-bond acceptors (Lipinski definition) is 3. The lowest BCUT2D eigenvalue weighted by molar-refractivity contribution is 0.263. The highest BCUT2D eigenvalue weighted by atomic mass is 35.5. The molecule has 3 nitrogen and oxygen atoms in total. The van der Waals surface area contributed by atoms with Crippen LogP contribution in [0.15, 0.2) is 18.2 Å². The van der Waals surface area contributed by atoms with Crippen LogP contribution in [-0.2, 0) is 0 Å². The summed E-state index contributed by atoms with van der Waals surface area (Å²) in [5.41, 5.74) is 1.57. The standard InChI is InChI=1S/C17H22ClN3/c18-14-8-7-12(11-19)10-17(14)21-16-5-2-1-4-13(16)15-6-3-9-20-15/h7-8,10,13,15-16,20-21H,1-6,9H2. The van der Waals surface area contributed by atoms with Crippen LogP contribution in [0.25, 0.3) is 0 Å². The van der Waals surface area contributed by atoms with E-state index in [-0.39, 0.29) is 0 Å². The second-order valence-electron chi connectivity index (χ2n) is 6.21. The molecule has 2 N–H and O–H groups in total. The number of hydrogen-bond donors (Lipinski definition) is 2. The lowest BCUT2D eigenvalue weighted by Crippen LogP contribution is -2.43. The molecule has 0 spiro atoms. The average molecular weight is 304 g/mol. The number of halogens is 1. The summed E-state index contributed by atoms with van der Waals surface area (Å²) in [4.78, 5) is 0. The van der Waals surface area contributed by atoms with Gasteiger partial charge in [0.25, 0.3) is 0 Å². The van der Waals surface area contributed by atoms with Crippen LogP contribution < -0.4 is 10.6 Å². The Labute approximate surface area is 131 Å². The van der Waals surface area contributed by atoms with Gasteiger partial charge in [0.15, 0.2) is 0 Å². The van der Waals surface area contributed by atoms with Crippen LogP contribution in [0.2, 0.25) is 5.02 Å². The Kier molecular flexibility index (Phi) is 4.67. The molecule has 0 bridgehead atoms. The van der Waals surface area contributed by atoms with Gasteiger partial charge in [-0.05, 0) is 56.3 Å². The fourth-order valence-electron chi connectivity index (χ4n) is 3.80. The molecule has 1 aromatic rings. The third-order valence-electron chi connectivity index (χ3n) is 4.87. The molecule has 1 aliphatic carbocycles. The maximum absolute atomic E-state index is 9.05. The molecular weight excluding hydrogens is 282 g/mol. The van der Waals surface area contributed by atoms with Gasteiger partial charge in [0.1, 0.15) is 0 Å². The third-order valence-corrected chi connectivity index (χ3v) is 5.20. The molecule has 1 heterocycles. The van der Waals surface area contributed by atoms with Gasteiger partial charge in [-0.1, -0.05) is 24.4 Å². The minimum Gasteiger partial charge on any atom is -0.381 e. The van der Waals surface area contributed by atoms with E-state index in [1.54, 1.807) is 6.07 Å². The molecule has 2 aliphatic rings. The average Bonchev–Trinajstić information content (AvgIpc) is 3.04. The van der Waals surface area contributed by atoms with Gasteiger partial charge in [-0.2, -0.15) is 5.26 Å². The SMILES string of the molecule is N#Cc1ccc(Cl)c(NC2CCCCC2C2CCCN2)c1. The van der Waals surface area contributed by atoms with Crippen LogP contribution in [0.4, 0.5) is 5.69 Å². The predicted octanol–water partition coefficient (Wildman–Crippen LogP) is 3.93. The van der Waals surface area contributed by atoms with Gasteiger partial charge in [-0.3, -0.25) is 0 Å². The molecule has 1 saturated heterocycles. The molecular formula is C17H22ClN3. The minimum atomic E-state index is 0.459. The van der Waals surface area contributed by atoms with E-state index in [2.05, 4.69) is 16.7 Å². The maximum Gasteiger partial charge on any atom is 0.0992 e. The summed E-state index contributed by atoms with van der Waals surface area (Å²) in [7, 11) is 0. The van der Waals surface area contributed by atoms with Gasteiger partial charge in [0.2, 0.25) is 0 Å². The van der Waals surface area contributed by atoms with Gasteiger partial charge in [-0.25, -0.2) is 0 Å². The lowest BCUT2D eigenvalue weighted by atomic mass is 9.79. The minimum absolute atomic E-state index is 0.459. The number of benzene rings is 1. The topological polar surface area (TPSA) is 47.9 Å². The first-order chi connectivity index (χ1) is 10.3. The van der Waals surface area contributed by atoms with Crippen molar-refractivity contribution in [2.24, 2.45) is 5.92 Å². The molecule has 21 heavy (non-hydrogen) atoms. The van der Waals surface area contributed by atoms with E-state index in [1.165, 1.54) is 38.5 Å². The first-order valence-electron chi connectivity index (χ1n) is 7.97. The van der Waals surface area contributed by atoms with Gasteiger partial charge in [0.05, 0.1) is 22.3 Å². The van der Waals surface area contributed by atoms with Crippen molar-refractivity contribution in [3.8, 4) is 6.07 Å². The number of nitrogens with one attached hydrogen (secondary N) is 2.